The fraction of sp³-hybridized carbons (Fsp3) is 0.667. The molecule has 2 atom stereocenters. The van der Waals surface area contributed by atoms with E-state index >= 15 is 0 Å². The number of amides is 2. The van der Waals surface area contributed by atoms with Crippen molar-refractivity contribution >= 4 is 6.03 Å². The molecule has 25 heavy (non-hydrogen) atoms. The number of nitrogens with zero attached hydrogens (tertiary/aromatic N) is 2. The molecule has 0 saturated carbocycles. The van der Waals surface area contributed by atoms with Crippen molar-refractivity contribution in [1.82, 2.24) is 20.5 Å². The number of nitrogens with one attached hydrogen (secondary N) is 2. The molecule has 0 aliphatic carbocycles. The first-order valence-electron chi connectivity index (χ1n) is 9.14. The first-order valence-corrected chi connectivity index (χ1v) is 9.14. The summed E-state index contributed by atoms with van der Waals surface area (Å²) in [5.41, 5.74) is 0.983. The zero-order chi connectivity index (χ0) is 17.3. The van der Waals surface area contributed by atoms with Gasteiger partial charge in [0.1, 0.15) is 0 Å². The summed E-state index contributed by atoms with van der Waals surface area (Å²) in [5, 5.41) is 5.95. The van der Waals surface area contributed by atoms with Gasteiger partial charge in [-0.15, -0.1) is 0 Å². The Labute approximate surface area is 149 Å². The molecule has 0 unspecified atom stereocenters. The third-order valence-electron chi connectivity index (χ3n) is 4.89. The molecule has 2 N–H and O–H groups in total. The lowest BCUT2D eigenvalue weighted by Gasteiger charge is -2.37. The van der Waals surface area contributed by atoms with E-state index < -0.39 is 0 Å². The predicted octanol–water partition coefficient (Wildman–Crippen LogP) is 0.661. The molecule has 0 aromatic carbocycles. The normalized spacial score (nSPS) is 22.5. The van der Waals surface area contributed by atoms with Gasteiger partial charge in [0.05, 0.1) is 19.8 Å². The molecular formula is C18H28N4O3. The highest BCUT2D eigenvalue weighted by Crippen LogP contribution is 2.21. The Morgan fingerprint density at radius 3 is 2.84 bits per heavy atom. The zero-order valence-electron chi connectivity index (χ0n) is 14.7. The molecule has 7 heteroatoms. The van der Waals surface area contributed by atoms with E-state index in [1.807, 2.05) is 18.2 Å². The van der Waals surface area contributed by atoms with Crippen LogP contribution in [0.4, 0.5) is 4.79 Å². The molecule has 2 saturated heterocycles. The highest BCUT2D eigenvalue weighted by atomic mass is 16.5. The van der Waals surface area contributed by atoms with Crippen molar-refractivity contribution in [3.8, 4) is 0 Å². The van der Waals surface area contributed by atoms with E-state index in [0.29, 0.717) is 25.0 Å². The van der Waals surface area contributed by atoms with Gasteiger partial charge >= 0.3 is 6.03 Å². The molecule has 7 nitrogen and oxygen atoms in total. The Morgan fingerprint density at radius 1 is 1.24 bits per heavy atom. The highest BCUT2D eigenvalue weighted by molar-refractivity contribution is 5.73. The summed E-state index contributed by atoms with van der Waals surface area (Å²) in [7, 11) is 0. The molecule has 2 aliphatic heterocycles. The third-order valence-corrected chi connectivity index (χ3v) is 4.89. The van der Waals surface area contributed by atoms with Crippen LogP contribution in [0.15, 0.2) is 24.4 Å². The number of aromatic nitrogens is 1. The SMILES string of the molecule is O=C(NCCc1ccccn1)NC[C@@H]([C@H]1CCOC1)N1CCOCC1. The van der Waals surface area contributed by atoms with Crippen LogP contribution in [-0.4, -0.2) is 74.6 Å². The van der Waals surface area contributed by atoms with Gasteiger partial charge in [0.25, 0.3) is 0 Å². The first kappa shape index (κ1) is 18.1. The van der Waals surface area contributed by atoms with Crippen molar-refractivity contribution in [2.24, 2.45) is 5.92 Å². The molecule has 3 heterocycles. The number of carbonyl (C=O) groups excluding carboxylic acids is 1. The largest absolute Gasteiger partial charge is 0.381 e. The van der Waals surface area contributed by atoms with Crippen molar-refractivity contribution in [2.75, 3.05) is 52.6 Å². The van der Waals surface area contributed by atoms with E-state index in [4.69, 9.17) is 9.47 Å². The van der Waals surface area contributed by atoms with Gasteiger partial charge in [-0.05, 0) is 18.6 Å². The van der Waals surface area contributed by atoms with Crippen LogP contribution in [0, 0.1) is 5.92 Å². The fourth-order valence-electron chi connectivity index (χ4n) is 3.47. The number of ether oxygens (including phenoxy) is 2. The summed E-state index contributed by atoms with van der Waals surface area (Å²) in [4.78, 5) is 18.8. The summed E-state index contributed by atoms with van der Waals surface area (Å²) in [6, 6.07) is 6.01. The van der Waals surface area contributed by atoms with E-state index in [0.717, 1.165) is 58.1 Å². The summed E-state index contributed by atoms with van der Waals surface area (Å²) in [6.45, 7) is 6.20. The number of carbonyl (C=O) groups is 1. The highest BCUT2D eigenvalue weighted by Gasteiger charge is 2.31. The van der Waals surface area contributed by atoms with Gasteiger partial charge in [0, 0.05) is 63.1 Å². The smallest absolute Gasteiger partial charge is 0.314 e. The molecular weight excluding hydrogens is 320 g/mol. The van der Waals surface area contributed by atoms with Gasteiger partial charge < -0.3 is 20.1 Å². The lowest BCUT2D eigenvalue weighted by Crippen LogP contribution is -2.53. The second-order valence-electron chi connectivity index (χ2n) is 6.55. The van der Waals surface area contributed by atoms with E-state index in [1.165, 1.54) is 0 Å². The van der Waals surface area contributed by atoms with Gasteiger partial charge in [0.2, 0.25) is 0 Å². The van der Waals surface area contributed by atoms with Crippen LogP contribution in [0.1, 0.15) is 12.1 Å². The average molecular weight is 348 g/mol. The summed E-state index contributed by atoms with van der Waals surface area (Å²) < 4.78 is 11.0. The molecule has 1 aromatic rings. The Bertz CT molecular complexity index is 516. The summed E-state index contributed by atoms with van der Waals surface area (Å²) >= 11 is 0. The number of hydrogen-bond acceptors (Lipinski definition) is 5. The lowest BCUT2D eigenvalue weighted by molar-refractivity contribution is 0.00213. The molecule has 2 aliphatic rings. The molecule has 3 rings (SSSR count). The molecule has 2 fully saturated rings. The molecule has 0 bridgehead atoms. The quantitative estimate of drug-likeness (QED) is 0.757. The van der Waals surface area contributed by atoms with Gasteiger partial charge in [-0.25, -0.2) is 4.79 Å². The van der Waals surface area contributed by atoms with E-state index in [1.54, 1.807) is 6.20 Å². The van der Waals surface area contributed by atoms with E-state index in [2.05, 4.69) is 20.5 Å². The van der Waals surface area contributed by atoms with Crippen LogP contribution in [-0.2, 0) is 15.9 Å². The topological polar surface area (TPSA) is 75.7 Å². The molecule has 1 aromatic heterocycles. The van der Waals surface area contributed by atoms with Crippen molar-refractivity contribution in [1.29, 1.82) is 0 Å². The van der Waals surface area contributed by atoms with Crippen molar-refractivity contribution < 1.29 is 14.3 Å². The second-order valence-corrected chi connectivity index (χ2v) is 6.55. The Hall–Kier alpha value is -1.70. The number of urea groups is 1. The summed E-state index contributed by atoms with van der Waals surface area (Å²) in [5.74, 6) is 0.479. The molecule has 2 amide bonds. The minimum atomic E-state index is -0.117. The maximum Gasteiger partial charge on any atom is 0.314 e. The van der Waals surface area contributed by atoms with Gasteiger partial charge in [0.15, 0.2) is 0 Å². The Morgan fingerprint density at radius 2 is 2.12 bits per heavy atom. The minimum absolute atomic E-state index is 0.117. The standard InChI is InChI=1S/C18H28N4O3/c23-18(20-7-4-16-3-1-2-6-19-16)21-13-17(15-5-10-25-14-15)22-8-11-24-12-9-22/h1-3,6,15,17H,4-5,7-14H2,(H2,20,21,23)/t15-,17-/m0/s1. The van der Waals surface area contributed by atoms with Crippen molar-refractivity contribution in [3.05, 3.63) is 30.1 Å². The maximum atomic E-state index is 12.1. The number of pyridine rings is 1. The van der Waals surface area contributed by atoms with Crippen LogP contribution >= 0.6 is 0 Å². The van der Waals surface area contributed by atoms with Gasteiger partial charge in [-0.1, -0.05) is 6.07 Å². The minimum Gasteiger partial charge on any atom is -0.381 e. The van der Waals surface area contributed by atoms with Crippen molar-refractivity contribution in [2.45, 2.75) is 18.9 Å². The van der Waals surface area contributed by atoms with Crippen LogP contribution in [0.5, 0.6) is 0 Å². The zero-order valence-corrected chi connectivity index (χ0v) is 14.7. The Balaban J connectivity index is 1.42. The average Bonchev–Trinajstić information content (AvgIpc) is 3.18. The van der Waals surface area contributed by atoms with Crippen LogP contribution in [0.3, 0.4) is 0 Å². The monoisotopic (exact) mass is 348 g/mol. The van der Waals surface area contributed by atoms with Gasteiger partial charge in [-0.3, -0.25) is 9.88 Å². The van der Waals surface area contributed by atoms with Gasteiger partial charge in [-0.2, -0.15) is 0 Å². The number of morpholine rings is 1. The Kier molecular flexibility index (Phi) is 7.02. The molecule has 0 radical (unpaired) electrons. The van der Waals surface area contributed by atoms with Crippen LogP contribution in [0.25, 0.3) is 0 Å². The molecule has 0 spiro atoms. The van der Waals surface area contributed by atoms with Crippen LogP contribution in [0.2, 0.25) is 0 Å². The maximum absolute atomic E-state index is 12.1. The van der Waals surface area contributed by atoms with Crippen molar-refractivity contribution in [3.63, 3.8) is 0 Å². The second kappa shape index (κ2) is 9.70. The predicted molar refractivity (Wildman–Crippen MR) is 94.4 cm³/mol. The number of hydrogen-bond donors (Lipinski definition) is 2. The lowest BCUT2D eigenvalue weighted by atomic mass is 9.97. The summed E-state index contributed by atoms with van der Waals surface area (Å²) in [6.07, 6.45) is 3.56. The fourth-order valence-corrected chi connectivity index (χ4v) is 3.47. The number of rotatable bonds is 7. The third kappa shape index (κ3) is 5.66. The van der Waals surface area contributed by atoms with E-state index in [9.17, 15) is 4.79 Å². The van der Waals surface area contributed by atoms with Crippen LogP contribution < -0.4 is 10.6 Å². The molecule has 138 valence electrons. The van der Waals surface area contributed by atoms with E-state index in [-0.39, 0.29) is 6.03 Å². The first-order chi connectivity index (χ1) is 12.3.